The van der Waals surface area contributed by atoms with Crippen molar-refractivity contribution in [2.24, 2.45) is 5.10 Å². The SMILES string of the molecule is CC(C)(O)CN/N=C(/Cl)C(=O)O. The van der Waals surface area contributed by atoms with Crippen LogP contribution >= 0.6 is 11.6 Å². The molecule has 12 heavy (non-hydrogen) atoms. The first-order valence-corrected chi connectivity index (χ1v) is 3.62. The zero-order valence-electron chi connectivity index (χ0n) is 6.83. The van der Waals surface area contributed by atoms with E-state index in [1.807, 2.05) is 0 Å². The molecule has 0 aromatic rings. The van der Waals surface area contributed by atoms with Crippen LogP contribution in [0.2, 0.25) is 0 Å². The lowest BCUT2D eigenvalue weighted by Gasteiger charge is -2.15. The average Bonchev–Trinajstić information content (AvgIpc) is 1.84. The van der Waals surface area contributed by atoms with Crippen LogP contribution in [0.4, 0.5) is 0 Å². The van der Waals surface area contributed by atoms with E-state index in [1.165, 1.54) is 0 Å². The summed E-state index contributed by atoms with van der Waals surface area (Å²) in [6, 6.07) is 0. The molecule has 0 aromatic carbocycles. The molecule has 0 aromatic heterocycles. The third-order valence-electron chi connectivity index (χ3n) is 0.865. The number of nitrogens with one attached hydrogen (secondary N) is 1. The van der Waals surface area contributed by atoms with Crippen molar-refractivity contribution in [3.05, 3.63) is 0 Å². The van der Waals surface area contributed by atoms with Crippen LogP contribution in [0.1, 0.15) is 13.8 Å². The summed E-state index contributed by atoms with van der Waals surface area (Å²) in [4.78, 5) is 10.1. The zero-order chi connectivity index (χ0) is 9.78. The summed E-state index contributed by atoms with van der Waals surface area (Å²) >= 11 is 5.15. The number of carbonyl (C=O) groups is 1. The summed E-state index contributed by atoms with van der Waals surface area (Å²) in [7, 11) is 0. The van der Waals surface area contributed by atoms with Crippen LogP contribution in [0, 0.1) is 0 Å². The Labute approximate surface area is 75.0 Å². The lowest BCUT2D eigenvalue weighted by atomic mass is 10.1. The minimum atomic E-state index is -1.31. The highest BCUT2D eigenvalue weighted by molar-refractivity contribution is 6.81. The largest absolute Gasteiger partial charge is 0.476 e. The quantitative estimate of drug-likeness (QED) is 0.434. The zero-order valence-corrected chi connectivity index (χ0v) is 7.59. The second-order valence-electron chi connectivity index (χ2n) is 2.86. The van der Waals surface area contributed by atoms with E-state index in [-0.39, 0.29) is 6.54 Å². The minimum absolute atomic E-state index is 0.135. The van der Waals surface area contributed by atoms with E-state index in [1.54, 1.807) is 13.8 Å². The summed E-state index contributed by atoms with van der Waals surface area (Å²) < 4.78 is 0. The van der Waals surface area contributed by atoms with Gasteiger partial charge in [0.15, 0.2) is 0 Å². The Hall–Kier alpha value is -0.810. The molecule has 0 atom stereocenters. The normalized spacial score (nSPS) is 12.8. The van der Waals surface area contributed by atoms with Gasteiger partial charge in [0.2, 0.25) is 5.17 Å². The third kappa shape index (κ3) is 5.94. The van der Waals surface area contributed by atoms with Gasteiger partial charge in [0.05, 0.1) is 12.1 Å². The van der Waals surface area contributed by atoms with Crippen molar-refractivity contribution in [2.75, 3.05) is 6.54 Å². The first-order valence-electron chi connectivity index (χ1n) is 3.24. The molecule has 0 saturated carbocycles. The summed E-state index contributed by atoms with van der Waals surface area (Å²) in [6.07, 6.45) is 0. The molecule has 0 heterocycles. The fraction of sp³-hybridized carbons (Fsp3) is 0.667. The molecule has 0 aliphatic carbocycles. The number of hydrazone groups is 1. The highest BCUT2D eigenvalue weighted by atomic mass is 35.5. The van der Waals surface area contributed by atoms with Crippen LogP contribution in [0.15, 0.2) is 5.10 Å². The van der Waals surface area contributed by atoms with Crippen molar-refractivity contribution in [1.82, 2.24) is 5.43 Å². The van der Waals surface area contributed by atoms with Gasteiger partial charge in [0, 0.05) is 0 Å². The Morgan fingerprint density at radius 2 is 2.17 bits per heavy atom. The number of hydrogen-bond donors (Lipinski definition) is 3. The van der Waals surface area contributed by atoms with Gasteiger partial charge in [0.1, 0.15) is 0 Å². The van der Waals surface area contributed by atoms with Crippen molar-refractivity contribution in [3.63, 3.8) is 0 Å². The second kappa shape index (κ2) is 4.27. The van der Waals surface area contributed by atoms with Crippen LogP contribution in [-0.4, -0.2) is 33.5 Å². The van der Waals surface area contributed by atoms with Crippen molar-refractivity contribution in [2.45, 2.75) is 19.4 Å². The van der Waals surface area contributed by atoms with Gasteiger partial charge in [-0.25, -0.2) is 4.79 Å². The highest BCUT2D eigenvalue weighted by Gasteiger charge is 2.11. The summed E-state index contributed by atoms with van der Waals surface area (Å²) in [5, 5.41) is 20.1. The van der Waals surface area contributed by atoms with Crippen LogP contribution in [0.25, 0.3) is 0 Å². The molecular weight excluding hydrogens is 184 g/mol. The van der Waals surface area contributed by atoms with E-state index < -0.39 is 16.7 Å². The monoisotopic (exact) mass is 194 g/mol. The number of aliphatic hydroxyl groups is 1. The molecular formula is C6H11ClN2O3. The molecule has 6 heteroatoms. The highest BCUT2D eigenvalue weighted by Crippen LogP contribution is 1.97. The maximum atomic E-state index is 10.1. The molecule has 0 saturated heterocycles. The minimum Gasteiger partial charge on any atom is -0.476 e. The standard InChI is InChI=1S/C6H11ClN2O3/c1-6(2,12)3-8-9-4(7)5(10)11/h8,12H,3H2,1-2H3,(H,10,11)/b9-4+. The number of hydrogen-bond acceptors (Lipinski definition) is 4. The van der Waals surface area contributed by atoms with Gasteiger partial charge < -0.3 is 15.6 Å². The van der Waals surface area contributed by atoms with E-state index in [9.17, 15) is 4.79 Å². The number of halogens is 1. The maximum Gasteiger partial charge on any atom is 0.368 e. The van der Waals surface area contributed by atoms with Crippen molar-refractivity contribution in [3.8, 4) is 0 Å². The fourth-order valence-corrected chi connectivity index (χ4v) is 0.410. The third-order valence-corrected chi connectivity index (χ3v) is 1.11. The summed E-state index contributed by atoms with van der Waals surface area (Å²) in [5.41, 5.74) is 1.39. The second-order valence-corrected chi connectivity index (χ2v) is 3.21. The maximum absolute atomic E-state index is 10.1. The lowest BCUT2D eigenvalue weighted by Crippen LogP contribution is -2.32. The van der Waals surface area contributed by atoms with Crippen LogP contribution in [0.3, 0.4) is 0 Å². The van der Waals surface area contributed by atoms with E-state index in [0.717, 1.165) is 0 Å². The Morgan fingerprint density at radius 1 is 1.67 bits per heavy atom. The fourth-order valence-electron chi connectivity index (χ4n) is 0.350. The topological polar surface area (TPSA) is 81.9 Å². The summed E-state index contributed by atoms with van der Waals surface area (Å²) in [6.45, 7) is 3.25. The van der Waals surface area contributed by atoms with Gasteiger partial charge in [-0.05, 0) is 13.8 Å². The number of rotatable bonds is 4. The molecule has 70 valence electrons. The molecule has 0 rings (SSSR count). The molecule has 0 unspecified atom stereocenters. The Morgan fingerprint density at radius 3 is 2.50 bits per heavy atom. The van der Waals surface area contributed by atoms with Gasteiger partial charge in [0.25, 0.3) is 0 Å². The smallest absolute Gasteiger partial charge is 0.368 e. The molecule has 0 radical (unpaired) electrons. The molecule has 0 amide bonds. The van der Waals surface area contributed by atoms with Gasteiger partial charge >= 0.3 is 5.97 Å². The van der Waals surface area contributed by atoms with E-state index >= 15 is 0 Å². The molecule has 0 aliphatic rings. The Kier molecular flexibility index (Phi) is 3.99. The van der Waals surface area contributed by atoms with Crippen LogP contribution < -0.4 is 5.43 Å². The predicted octanol–water partition coefficient (Wildman–Crippen LogP) is -0.0162. The van der Waals surface area contributed by atoms with E-state index in [0.29, 0.717) is 0 Å². The van der Waals surface area contributed by atoms with E-state index in [4.69, 9.17) is 21.8 Å². The molecule has 0 spiro atoms. The van der Waals surface area contributed by atoms with Crippen molar-refractivity contribution >= 4 is 22.7 Å². The van der Waals surface area contributed by atoms with Gasteiger partial charge in [-0.15, -0.1) is 0 Å². The molecule has 0 bridgehead atoms. The summed E-state index contributed by atoms with van der Waals surface area (Å²) in [5.74, 6) is -1.31. The van der Waals surface area contributed by atoms with Crippen molar-refractivity contribution < 1.29 is 15.0 Å². The predicted molar refractivity (Wildman–Crippen MR) is 45.2 cm³/mol. The molecule has 3 N–H and O–H groups in total. The average molecular weight is 195 g/mol. The number of nitrogens with zero attached hydrogens (tertiary/aromatic N) is 1. The molecule has 0 fully saturated rings. The van der Waals surface area contributed by atoms with E-state index in [2.05, 4.69) is 10.5 Å². The number of carboxylic acids is 1. The van der Waals surface area contributed by atoms with Crippen molar-refractivity contribution in [1.29, 1.82) is 0 Å². The van der Waals surface area contributed by atoms with Gasteiger partial charge in [-0.2, -0.15) is 5.10 Å². The number of aliphatic carboxylic acids is 1. The lowest BCUT2D eigenvalue weighted by molar-refractivity contribution is -0.129. The van der Waals surface area contributed by atoms with Gasteiger partial charge in [-0.1, -0.05) is 11.6 Å². The van der Waals surface area contributed by atoms with Gasteiger partial charge in [-0.3, -0.25) is 0 Å². The van der Waals surface area contributed by atoms with Crippen LogP contribution in [0.5, 0.6) is 0 Å². The molecule has 0 aliphatic heterocycles. The van der Waals surface area contributed by atoms with Crippen LogP contribution in [-0.2, 0) is 4.79 Å². The molecule has 5 nitrogen and oxygen atoms in total. The first kappa shape index (κ1) is 11.2. The number of carboxylic acid groups (broad SMARTS) is 1. The first-order chi connectivity index (χ1) is 5.33. The Bertz CT molecular complexity index is 197. The Balaban J connectivity index is 3.83.